The van der Waals surface area contributed by atoms with Crippen molar-refractivity contribution in [2.45, 2.75) is 45.6 Å². The number of carbonyl (C=O) groups excluding carboxylic acids is 1. The highest BCUT2D eigenvalue weighted by atomic mass is 16.5. The Hall–Kier alpha value is -1.89. The first-order valence-corrected chi connectivity index (χ1v) is 9.50. The first-order valence-electron chi connectivity index (χ1n) is 9.50. The highest BCUT2D eigenvalue weighted by Crippen LogP contribution is 2.36. The second-order valence-electron chi connectivity index (χ2n) is 7.90. The van der Waals surface area contributed by atoms with E-state index in [0.29, 0.717) is 0 Å². The Balaban J connectivity index is 1.77. The molecule has 0 aliphatic carbocycles. The molecule has 0 spiro atoms. The van der Waals surface area contributed by atoms with E-state index in [2.05, 4.69) is 19.8 Å². The molecule has 0 radical (unpaired) electrons. The highest BCUT2D eigenvalue weighted by Gasteiger charge is 2.40. The second kappa shape index (κ2) is 7.78. The van der Waals surface area contributed by atoms with Gasteiger partial charge in [-0.05, 0) is 45.4 Å². The van der Waals surface area contributed by atoms with Gasteiger partial charge in [0.1, 0.15) is 18.0 Å². The maximum atomic E-state index is 12.2. The average Bonchev–Trinajstić information content (AvgIpc) is 3.16. The summed E-state index contributed by atoms with van der Waals surface area (Å²) >= 11 is 0. The molecule has 3 heterocycles. The van der Waals surface area contributed by atoms with Gasteiger partial charge in [0, 0.05) is 25.7 Å². The summed E-state index contributed by atoms with van der Waals surface area (Å²) in [5.74, 6) is 1.83. The molecule has 2 atom stereocenters. The Morgan fingerprint density at radius 1 is 1.27 bits per heavy atom. The van der Waals surface area contributed by atoms with E-state index in [-0.39, 0.29) is 24.5 Å². The molecule has 144 valence electrons. The van der Waals surface area contributed by atoms with E-state index in [4.69, 9.17) is 4.74 Å². The number of hydrogen-bond donors (Lipinski definition) is 1. The van der Waals surface area contributed by atoms with Gasteiger partial charge in [-0.2, -0.15) is 0 Å². The fourth-order valence-electron chi connectivity index (χ4n) is 4.20. The van der Waals surface area contributed by atoms with Gasteiger partial charge in [-0.15, -0.1) is 0 Å². The monoisotopic (exact) mass is 362 g/mol. The summed E-state index contributed by atoms with van der Waals surface area (Å²) in [6.07, 6.45) is 5.70. The van der Waals surface area contributed by atoms with Gasteiger partial charge in [-0.1, -0.05) is 0 Å². The molecular formula is C19H30N4O3. The molecule has 1 aromatic rings. The van der Waals surface area contributed by atoms with Crippen LogP contribution in [0.5, 0.6) is 0 Å². The van der Waals surface area contributed by atoms with Crippen molar-refractivity contribution in [3.8, 4) is 0 Å². The van der Waals surface area contributed by atoms with Crippen LogP contribution >= 0.6 is 0 Å². The minimum Gasteiger partial charge on any atom is -0.469 e. The minimum absolute atomic E-state index is 0.144. The topological polar surface area (TPSA) is 78.8 Å². The number of anilines is 2. The number of carbonyl (C=O) groups is 1. The van der Waals surface area contributed by atoms with Crippen molar-refractivity contribution in [2.75, 3.05) is 43.2 Å². The number of aromatic nitrogens is 2. The van der Waals surface area contributed by atoms with Crippen molar-refractivity contribution in [1.29, 1.82) is 0 Å². The number of ether oxygens (including phenoxy) is 1. The molecule has 2 fully saturated rings. The van der Waals surface area contributed by atoms with Crippen LogP contribution < -0.4 is 9.80 Å². The van der Waals surface area contributed by atoms with Crippen LogP contribution in [0.4, 0.5) is 11.6 Å². The summed E-state index contributed by atoms with van der Waals surface area (Å²) in [6, 6.07) is 2.16. The third-order valence-electron chi connectivity index (χ3n) is 6.00. The Bertz CT molecular complexity index is 637. The van der Waals surface area contributed by atoms with Crippen molar-refractivity contribution in [2.24, 2.45) is 11.3 Å². The van der Waals surface area contributed by atoms with Crippen LogP contribution in [0.15, 0.2) is 12.4 Å². The molecule has 2 saturated heterocycles. The van der Waals surface area contributed by atoms with Crippen molar-refractivity contribution in [3.63, 3.8) is 0 Å². The number of rotatable bonds is 5. The second-order valence-corrected chi connectivity index (χ2v) is 7.90. The van der Waals surface area contributed by atoms with E-state index < -0.39 is 5.41 Å². The summed E-state index contributed by atoms with van der Waals surface area (Å²) in [5.41, 5.74) is -0.514. The molecule has 1 N–H and O–H groups in total. The summed E-state index contributed by atoms with van der Waals surface area (Å²) in [4.78, 5) is 25.5. The zero-order chi connectivity index (χ0) is 18.7. The molecule has 0 bridgehead atoms. The Morgan fingerprint density at radius 3 is 2.73 bits per heavy atom. The Kier molecular flexibility index (Phi) is 5.65. The third kappa shape index (κ3) is 3.63. The fraction of sp³-hybridized carbons (Fsp3) is 0.737. The standard InChI is InChI=1S/C19H30N4O3/c1-19(2,18(25)26-3)14-6-4-8-22(11-14)16-10-17(21-13-20-16)23-9-5-7-15(23)12-24/h10,13-15,24H,4-9,11-12H2,1-3H3. The van der Waals surface area contributed by atoms with E-state index in [0.717, 1.165) is 57.0 Å². The van der Waals surface area contributed by atoms with Gasteiger partial charge in [-0.3, -0.25) is 4.79 Å². The maximum Gasteiger partial charge on any atom is 0.311 e. The van der Waals surface area contributed by atoms with Crippen molar-refractivity contribution >= 4 is 17.6 Å². The molecule has 7 nitrogen and oxygen atoms in total. The lowest BCUT2D eigenvalue weighted by molar-refractivity contribution is -0.154. The van der Waals surface area contributed by atoms with Gasteiger partial charge in [0.15, 0.2) is 0 Å². The first kappa shape index (κ1) is 18.9. The van der Waals surface area contributed by atoms with Crippen LogP contribution in [-0.4, -0.2) is 60.4 Å². The predicted molar refractivity (Wildman–Crippen MR) is 100 cm³/mol. The third-order valence-corrected chi connectivity index (χ3v) is 6.00. The molecule has 2 aliphatic rings. The van der Waals surface area contributed by atoms with Gasteiger partial charge >= 0.3 is 5.97 Å². The van der Waals surface area contributed by atoms with Gasteiger partial charge in [0.05, 0.1) is 25.2 Å². The van der Waals surface area contributed by atoms with Crippen LogP contribution in [0, 0.1) is 11.3 Å². The van der Waals surface area contributed by atoms with Crippen LogP contribution in [0.25, 0.3) is 0 Å². The molecule has 3 rings (SSSR count). The van der Waals surface area contributed by atoms with E-state index in [1.807, 2.05) is 19.9 Å². The Morgan fingerprint density at radius 2 is 2.00 bits per heavy atom. The summed E-state index contributed by atoms with van der Waals surface area (Å²) < 4.78 is 5.01. The van der Waals surface area contributed by atoms with Gasteiger partial charge in [0.25, 0.3) is 0 Å². The summed E-state index contributed by atoms with van der Waals surface area (Å²) in [6.45, 7) is 6.71. The van der Waals surface area contributed by atoms with Crippen LogP contribution in [0.2, 0.25) is 0 Å². The molecule has 7 heteroatoms. The van der Waals surface area contributed by atoms with E-state index in [9.17, 15) is 9.90 Å². The smallest absolute Gasteiger partial charge is 0.311 e. The normalized spacial score (nSPS) is 24.0. The number of piperidine rings is 1. The zero-order valence-corrected chi connectivity index (χ0v) is 16.0. The number of methoxy groups -OCH3 is 1. The maximum absolute atomic E-state index is 12.2. The highest BCUT2D eigenvalue weighted by molar-refractivity contribution is 5.76. The number of hydrogen-bond acceptors (Lipinski definition) is 7. The van der Waals surface area contributed by atoms with Crippen LogP contribution in [0.3, 0.4) is 0 Å². The van der Waals surface area contributed by atoms with E-state index >= 15 is 0 Å². The van der Waals surface area contributed by atoms with Crippen molar-refractivity contribution in [1.82, 2.24) is 9.97 Å². The van der Waals surface area contributed by atoms with Crippen molar-refractivity contribution in [3.05, 3.63) is 12.4 Å². The summed E-state index contributed by atoms with van der Waals surface area (Å²) in [7, 11) is 1.45. The van der Waals surface area contributed by atoms with Gasteiger partial charge < -0.3 is 19.6 Å². The lowest BCUT2D eigenvalue weighted by atomic mass is 9.74. The quantitative estimate of drug-likeness (QED) is 0.801. The largest absolute Gasteiger partial charge is 0.469 e. The fourth-order valence-corrected chi connectivity index (χ4v) is 4.20. The zero-order valence-electron chi connectivity index (χ0n) is 16.0. The van der Waals surface area contributed by atoms with Crippen molar-refractivity contribution < 1.29 is 14.6 Å². The number of nitrogens with zero attached hydrogens (tertiary/aromatic N) is 4. The summed E-state index contributed by atoms with van der Waals surface area (Å²) in [5, 5.41) is 9.58. The van der Waals surface area contributed by atoms with E-state index in [1.54, 1.807) is 6.33 Å². The molecule has 0 saturated carbocycles. The predicted octanol–water partition coefficient (Wildman–Crippen LogP) is 1.85. The molecule has 2 unspecified atom stereocenters. The van der Waals surface area contributed by atoms with E-state index in [1.165, 1.54) is 7.11 Å². The molecule has 26 heavy (non-hydrogen) atoms. The molecule has 0 aromatic carbocycles. The Labute approximate surface area is 155 Å². The van der Waals surface area contributed by atoms with Crippen LogP contribution in [0.1, 0.15) is 39.5 Å². The minimum atomic E-state index is -0.514. The molecule has 1 aromatic heterocycles. The molecule has 2 aliphatic heterocycles. The first-order chi connectivity index (χ1) is 12.5. The van der Waals surface area contributed by atoms with Gasteiger partial charge in [0.2, 0.25) is 0 Å². The molecule has 0 amide bonds. The van der Waals surface area contributed by atoms with Gasteiger partial charge in [-0.25, -0.2) is 9.97 Å². The lowest BCUT2D eigenvalue weighted by Crippen LogP contribution is -2.45. The van der Waals surface area contributed by atoms with Crippen LogP contribution in [-0.2, 0) is 9.53 Å². The lowest BCUT2D eigenvalue weighted by Gasteiger charge is -2.40. The number of aliphatic hydroxyl groups excluding tert-OH is 1. The SMILES string of the molecule is COC(=O)C(C)(C)C1CCCN(c2cc(N3CCCC3CO)ncn2)C1. The molecular weight excluding hydrogens is 332 g/mol. The average molecular weight is 362 g/mol. The number of esters is 1. The number of aliphatic hydroxyl groups is 1.